The second kappa shape index (κ2) is 10.5. The number of aryl methyl sites for hydroxylation is 1. The smallest absolute Gasteiger partial charge is 0.229 e. The molecule has 206 valence electrons. The van der Waals surface area contributed by atoms with E-state index in [1.165, 1.54) is 6.07 Å². The van der Waals surface area contributed by atoms with Crippen LogP contribution < -0.4 is 16.5 Å². The van der Waals surface area contributed by atoms with Gasteiger partial charge in [-0.3, -0.25) is 4.90 Å². The number of aromatic nitrogens is 5. The van der Waals surface area contributed by atoms with Crippen LogP contribution in [0.1, 0.15) is 37.9 Å². The maximum absolute atomic E-state index is 15.1. The van der Waals surface area contributed by atoms with E-state index in [0.29, 0.717) is 42.4 Å². The van der Waals surface area contributed by atoms with Gasteiger partial charge in [0.1, 0.15) is 22.9 Å². The SMILES string of the molecule is Cc1nc2c(F)cc(-c3nc(Nc4ccc5c(n4)CCN(CC(N)CNO)C5)ncc3F)cc2n1C(C)(C)C. The van der Waals surface area contributed by atoms with E-state index < -0.39 is 11.6 Å². The van der Waals surface area contributed by atoms with Gasteiger partial charge in [0.05, 0.1) is 11.7 Å². The molecule has 0 spiro atoms. The second-order valence-corrected chi connectivity index (χ2v) is 10.9. The number of halogens is 2. The fourth-order valence-corrected chi connectivity index (χ4v) is 5.19. The Hall–Kier alpha value is -3.58. The van der Waals surface area contributed by atoms with Crippen LogP contribution in [0.5, 0.6) is 0 Å². The van der Waals surface area contributed by atoms with Crippen molar-refractivity contribution in [2.24, 2.45) is 5.73 Å². The molecule has 0 saturated carbocycles. The number of imidazole rings is 1. The molecule has 5 N–H and O–H groups in total. The van der Waals surface area contributed by atoms with E-state index >= 15 is 4.39 Å². The topological polar surface area (TPSA) is 130 Å². The highest BCUT2D eigenvalue weighted by molar-refractivity contribution is 5.83. The van der Waals surface area contributed by atoms with Gasteiger partial charge in [-0.1, -0.05) is 6.07 Å². The lowest BCUT2D eigenvalue weighted by Gasteiger charge is -2.30. The average molecular weight is 538 g/mol. The van der Waals surface area contributed by atoms with Crippen molar-refractivity contribution in [3.63, 3.8) is 0 Å². The van der Waals surface area contributed by atoms with Crippen molar-refractivity contribution in [3.8, 4) is 11.3 Å². The third-order valence-electron chi connectivity index (χ3n) is 6.78. The van der Waals surface area contributed by atoms with E-state index in [2.05, 4.69) is 30.6 Å². The third-order valence-corrected chi connectivity index (χ3v) is 6.78. The van der Waals surface area contributed by atoms with Gasteiger partial charge in [-0.15, -0.1) is 0 Å². The number of nitrogens with two attached hydrogens (primary N) is 1. The number of fused-ring (bicyclic) bond motifs is 2. The molecule has 0 saturated heterocycles. The molecule has 0 aliphatic carbocycles. The number of rotatable bonds is 7. The predicted molar refractivity (Wildman–Crippen MR) is 145 cm³/mol. The van der Waals surface area contributed by atoms with Crippen molar-refractivity contribution in [1.29, 1.82) is 0 Å². The summed E-state index contributed by atoms with van der Waals surface area (Å²) in [5, 5.41) is 11.9. The number of nitrogens with zero attached hydrogens (tertiary/aromatic N) is 6. The molecule has 0 amide bonds. The van der Waals surface area contributed by atoms with Crippen LogP contribution in [0.2, 0.25) is 0 Å². The van der Waals surface area contributed by atoms with Gasteiger partial charge in [0, 0.05) is 55.4 Å². The number of hydrogen-bond donors (Lipinski definition) is 4. The minimum Gasteiger partial charge on any atom is -0.325 e. The summed E-state index contributed by atoms with van der Waals surface area (Å²) in [5.41, 5.74) is 10.9. The van der Waals surface area contributed by atoms with E-state index in [0.717, 1.165) is 30.4 Å². The van der Waals surface area contributed by atoms with E-state index in [1.54, 1.807) is 6.07 Å². The molecule has 0 bridgehead atoms. The van der Waals surface area contributed by atoms with Crippen LogP contribution in [0.25, 0.3) is 22.3 Å². The highest BCUT2D eigenvalue weighted by atomic mass is 19.1. The minimum absolute atomic E-state index is 0.0186. The van der Waals surface area contributed by atoms with Crippen molar-refractivity contribution < 1.29 is 14.0 Å². The largest absolute Gasteiger partial charge is 0.325 e. The molecule has 4 aromatic rings. The summed E-state index contributed by atoms with van der Waals surface area (Å²) in [5.74, 6) is 0.153. The van der Waals surface area contributed by atoms with Crippen molar-refractivity contribution >= 4 is 22.8 Å². The van der Waals surface area contributed by atoms with E-state index in [9.17, 15) is 4.39 Å². The molecule has 1 atom stereocenters. The molecule has 4 heterocycles. The third kappa shape index (κ3) is 5.59. The summed E-state index contributed by atoms with van der Waals surface area (Å²) in [6.45, 7) is 10.3. The fourth-order valence-electron chi connectivity index (χ4n) is 5.19. The number of hydrogen-bond acceptors (Lipinski definition) is 9. The first-order chi connectivity index (χ1) is 18.5. The van der Waals surface area contributed by atoms with E-state index in [1.807, 2.05) is 44.4 Å². The molecule has 1 aliphatic heterocycles. The van der Waals surface area contributed by atoms with Crippen molar-refractivity contribution in [2.75, 3.05) is 25.0 Å². The molecule has 5 rings (SSSR count). The van der Waals surface area contributed by atoms with Gasteiger partial charge in [-0.25, -0.2) is 34.2 Å². The normalized spacial score (nSPS) is 15.0. The maximum atomic E-state index is 15.1. The fraction of sp³-hybridized carbons (Fsp3) is 0.407. The van der Waals surface area contributed by atoms with Crippen LogP contribution in [-0.2, 0) is 18.5 Å². The summed E-state index contributed by atoms with van der Waals surface area (Å²) in [6.07, 6.45) is 1.81. The van der Waals surface area contributed by atoms with Gasteiger partial charge in [0.25, 0.3) is 0 Å². The first-order valence-electron chi connectivity index (χ1n) is 12.9. The predicted octanol–water partition coefficient (Wildman–Crippen LogP) is 3.64. The van der Waals surface area contributed by atoms with Crippen molar-refractivity contribution in [2.45, 2.75) is 52.2 Å². The Kier molecular flexibility index (Phi) is 7.29. The molecule has 12 heteroatoms. The summed E-state index contributed by atoms with van der Waals surface area (Å²) in [7, 11) is 0. The molecule has 1 unspecified atom stereocenters. The molecule has 3 aromatic heterocycles. The standard InChI is InChI=1S/C27H33F2N9O/c1-15-33-25-19(28)9-17(10-22(25)38(15)27(2,3)4)24-20(29)12-31-26(36-24)35-23-6-5-16-13-37(8-7-21(16)34-23)14-18(30)11-32-39/h5-6,9-10,12,18,32,39H,7-8,11,13-14,30H2,1-4H3,(H,31,34,35,36). The lowest BCUT2D eigenvalue weighted by molar-refractivity contribution is 0.146. The monoisotopic (exact) mass is 537 g/mol. The van der Waals surface area contributed by atoms with Gasteiger partial charge >= 0.3 is 0 Å². The number of nitrogens with one attached hydrogen (secondary N) is 2. The molecule has 1 aliphatic rings. The van der Waals surface area contributed by atoms with Crippen LogP contribution >= 0.6 is 0 Å². The van der Waals surface area contributed by atoms with Crippen molar-refractivity contribution in [1.82, 2.24) is 34.9 Å². The lowest BCUT2D eigenvalue weighted by atomic mass is 10.0. The molecule has 39 heavy (non-hydrogen) atoms. The van der Waals surface area contributed by atoms with Gasteiger partial charge in [0.15, 0.2) is 11.6 Å². The minimum atomic E-state index is -0.661. The lowest BCUT2D eigenvalue weighted by Crippen LogP contribution is -2.44. The van der Waals surface area contributed by atoms with E-state index in [-0.39, 0.29) is 28.7 Å². The number of benzene rings is 1. The highest BCUT2D eigenvalue weighted by Crippen LogP contribution is 2.32. The Balaban J connectivity index is 1.40. The summed E-state index contributed by atoms with van der Waals surface area (Å²) >= 11 is 0. The van der Waals surface area contributed by atoms with Crippen LogP contribution in [0, 0.1) is 18.6 Å². The zero-order chi connectivity index (χ0) is 27.9. The van der Waals surface area contributed by atoms with Crippen LogP contribution in [-0.4, -0.2) is 60.3 Å². The van der Waals surface area contributed by atoms with Gasteiger partial charge < -0.3 is 20.8 Å². The first-order valence-corrected chi connectivity index (χ1v) is 12.9. The number of hydroxylamine groups is 1. The van der Waals surface area contributed by atoms with Crippen molar-refractivity contribution in [3.05, 3.63) is 59.2 Å². The summed E-state index contributed by atoms with van der Waals surface area (Å²) < 4.78 is 32.0. The Bertz CT molecular complexity index is 1520. The molecular formula is C27H33F2N9O. The highest BCUT2D eigenvalue weighted by Gasteiger charge is 2.23. The average Bonchev–Trinajstić information content (AvgIpc) is 3.22. The van der Waals surface area contributed by atoms with Gasteiger partial charge in [0.2, 0.25) is 5.95 Å². The summed E-state index contributed by atoms with van der Waals surface area (Å²) in [6, 6.07) is 6.59. The Labute approximate surface area is 225 Å². The second-order valence-electron chi connectivity index (χ2n) is 10.9. The maximum Gasteiger partial charge on any atom is 0.229 e. The Morgan fingerprint density at radius 1 is 1.13 bits per heavy atom. The van der Waals surface area contributed by atoms with Gasteiger partial charge in [-0.05, 0) is 51.5 Å². The number of pyridine rings is 1. The van der Waals surface area contributed by atoms with Crippen LogP contribution in [0.15, 0.2) is 30.5 Å². The molecule has 0 radical (unpaired) electrons. The molecule has 10 nitrogen and oxygen atoms in total. The quantitative estimate of drug-likeness (QED) is 0.261. The summed E-state index contributed by atoms with van der Waals surface area (Å²) in [4.78, 5) is 19.8. The first kappa shape index (κ1) is 27.0. The Morgan fingerprint density at radius 2 is 1.92 bits per heavy atom. The zero-order valence-corrected chi connectivity index (χ0v) is 22.5. The number of anilines is 2. The van der Waals surface area contributed by atoms with Crippen LogP contribution in [0.3, 0.4) is 0 Å². The molecule has 1 aromatic carbocycles. The molecular weight excluding hydrogens is 504 g/mol. The van der Waals surface area contributed by atoms with Crippen LogP contribution in [0.4, 0.5) is 20.5 Å². The van der Waals surface area contributed by atoms with Gasteiger partial charge in [-0.2, -0.15) is 0 Å². The van der Waals surface area contributed by atoms with E-state index in [4.69, 9.17) is 15.9 Å². The molecule has 0 fully saturated rings. The Morgan fingerprint density at radius 3 is 2.67 bits per heavy atom. The zero-order valence-electron chi connectivity index (χ0n) is 22.5.